The maximum Gasteiger partial charge on any atom is 0.185 e. The van der Waals surface area contributed by atoms with Crippen LogP contribution in [0.4, 0.5) is 5.13 Å². The Morgan fingerprint density at radius 2 is 2.32 bits per heavy atom. The predicted molar refractivity (Wildman–Crippen MR) is 74.2 cm³/mol. The van der Waals surface area contributed by atoms with Crippen molar-refractivity contribution >= 4 is 26.8 Å². The van der Waals surface area contributed by atoms with Crippen LogP contribution in [0.5, 0.6) is 0 Å². The number of aryl methyl sites for hydroxylation is 2. The van der Waals surface area contributed by atoms with E-state index in [0.717, 1.165) is 27.7 Å². The van der Waals surface area contributed by atoms with Crippen LogP contribution in [0.3, 0.4) is 0 Å². The van der Waals surface area contributed by atoms with Crippen molar-refractivity contribution in [3.8, 4) is 0 Å². The Labute approximate surface area is 114 Å². The van der Waals surface area contributed by atoms with E-state index in [1.807, 2.05) is 18.7 Å². The first-order valence-electron chi connectivity index (χ1n) is 6.02. The van der Waals surface area contributed by atoms with Gasteiger partial charge in [-0.15, -0.1) is 0 Å². The van der Waals surface area contributed by atoms with Crippen molar-refractivity contribution in [1.82, 2.24) is 29.5 Å². The minimum Gasteiger partial charge on any atom is -0.357 e. The molecular formula is C11H15N7S. The van der Waals surface area contributed by atoms with E-state index in [1.165, 1.54) is 0 Å². The molecule has 0 aliphatic rings. The maximum atomic E-state index is 4.56. The number of nitrogens with zero attached hydrogens (tertiary/aromatic N) is 6. The Morgan fingerprint density at radius 3 is 3.00 bits per heavy atom. The summed E-state index contributed by atoms with van der Waals surface area (Å²) in [5, 5.41) is 12.7. The number of anilines is 1. The molecule has 0 spiro atoms. The van der Waals surface area contributed by atoms with Crippen molar-refractivity contribution in [2.75, 3.05) is 5.32 Å². The normalized spacial score (nSPS) is 13.0. The van der Waals surface area contributed by atoms with Crippen molar-refractivity contribution < 1.29 is 0 Å². The van der Waals surface area contributed by atoms with Gasteiger partial charge in [0, 0.05) is 13.1 Å². The zero-order valence-corrected chi connectivity index (χ0v) is 11.8. The van der Waals surface area contributed by atoms with E-state index in [0.29, 0.717) is 0 Å². The highest BCUT2D eigenvalue weighted by atomic mass is 32.1. The first-order chi connectivity index (χ1) is 9.13. The fourth-order valence-corrected chi connectivity index (χ4v) is 3.05. The summed E-state index contributed by atoms with van der Waals surface area (Å²) in [6, 6.07) is 0.232. The standard InChI is InChI=1S/C11H15N7S/c1-7(4-18-6-12-5-13-18)14-11-15-10-9(19-11)8(2)16-17(10)3/h5-7H,4H2,1-3H3,(H,14,15). The van der Waals surface area contributed by atoms with Gasteiger partial charge in [0.25, 0.3) is 0 Å². The first kappa shape index (κ1) is 12.1. The molecule has 1 unspecified atom stereocenters. The quantitative estimate of drug-likeness (QED) is 0.781. The smallest absolute Gasteiger partial charge is 0.185 e. The van der Waals surface area contributed by atoms with Crippen LogP contribution in [0.15, 0.2) is 12.7 Å². The molecule has 3 aromatic rings. The maximum absolute atomic E-state index is 4.56. The molecule has 8 heteroatoms. The fraction of sp³-hybridized carbons (Fsp3) is 0.455. The average molecular weight is 277 g/mol. The molecule has 1 N–H and O–H groups in total. The topological polar surface area (TPSA) is 73.5 Å². The first-order valence-corrected chi connectivity index (χ1v) is 6.84. The summed E-state index contributed by atoms with van der Waals surface area (Å²) in [7, 11) is 1.91. The largest absolute Gasteiger partial charge is 0.357 e. The second kappa shape index (κ2) is 4.61. The third-order valence-corrected chi connectivity index (χ3v) is 3.93. The number of aromatic nitrogens is 6. The SMILES string of the molecule is Cc1nn(C)c2nc(NC(C)Cn3cncn3)sc12. The van der Waals surface area contributed by atoms with Crippen molar-refractivity contribution in [3.63, 3.8) is 0 Å². The van der Waals surface area contributed by atoms with E-state index in [1.54, 1.807) is 28.7 Å². The van der Waals surface area contributed by atoms with Crippen LogP contribution in [0.25, 0.3) is 10.3 Å². The molecule has 0 bridgehead atoms. The van der Waals surface area contributed by atoms with Gasteiger partial charge in [-0.1, -0.05) is 11.3 Å². The van der Waals surface area contributed by atoms with Crippen LogP contribution >= 0.6 is 11.3 Å². The van der Waals surface area contributed by atoms with Gasteiger partial charge in [0.15, 0.2) is 10.8 Å². The molecule has 0 radical (unpaired) electrons. The lowest BCUT2D eigenvalue weighted by Crippen LogP contribution is -2.22. The summed E-state index contributed by atoms with van der Waals surface area (Å²) in [6.45, 7) is 4.86. The summed E-state index contributed by atoms with van der Waals surface area (Å²) in [6.07, 6.45) is 3.25. The lowest BCUT2D eigenvalue weighted by atomic mass is 10.3. The van der Waals surface area contributed by atoms with Crippen LogP contribution in [-0.2, 0) is 13.6 Å². The lowest BCUT2D eigenvalue weighted by molar-refractivity contribution is 0.559. The van der Waals surface area contributed by atoms with Gasteiger partial charge in [0.1, 0.15) is 12.7 Å². The number of rotatable bonds is 4. The van der Waals surface area contributed by atoms with Crippen LogP contribution < -0.4 is 5.32 Å². The fourth-order valence-electron chi connectivity index (χ4n) is 2.01. The summed E-state index contributed by atoms with van der Waals surface area (Å²) < 4.78 is 4.75. The molecule has 7 nitrogen and oxygen atoms in total. The Morgan fingerprint density at radius 1 is 1.47 bits per heavy atom. The van der Waals surface area contributed by atoms with Crippen LogP contribution in [0.1, 0.15) is 12.6 Å². The van der Waals surface area contributed by atoms with E-state index < -0.39 is 0 Å². The minimum absolute atomic E-state index is 0.232. The predicted octanol–water partition coefficient (Wildman–Crippen LogP) is 1.43. The summed E-state index contributed by atoms with van der Waals surface area (Å²) in [5.41, 5.74) is 1.95. The van der Waals surface area contributed by atoms with Crippen molar-refractivity contribution in [1.29, 1.82) is 0 Å². The van der Waals surface area contributed by atoms with E-state index >= 15 is 0 Å². The Balaban J connectivity index is 1.76. The van der Waals surface area contributed by atoms with E-state index in [4.69, 9.17) is 0 Å². The second-order valence-electron chi connectivity index (χ2n) is 4.54. The zero-order valence-electron chi connectivity index (χ0n) is 11.0. The highest BCUT2D eigenvalue weighted by Crippen LogP contribution is 2.28. The van der Waals surface area contributed by atoms with Gasteiger partial charge in [-0.25, -0.2) is 14.6 Å². The summed E-state index contributed by atoms with van der Waals surface area (Å²) in [5.74, 6) is 0. The molecule has 0 fully saturated rings. The van der Waals surface area contributed by atoms with Gasteiger partial charge in [-0.3, -0.25) is 4.68 Å². The molecular weight excluding hydrogens is 262 g/mol. The van der Waals surface area contributed by atoms with Gasteiger partial charge >= 0.3 is 0 Å². The van der Waals surface area contributed by atoms with Crippen LogP contribution in [0.2, 0.25) is 0 Å². The monoisotopic (exact) mass is 277 g/mol. The van der Waals surface area contributed by atoms with Crippen LogP contribution in [-0.4, -0.2) is 35.6 Å². The molecule has 0 saturated carbocycles. The van der Waals surface area contributed by atoms with E-state index in [-0.39, 0.29) is 6.04 Å². The van der Waals surface area contributed by atoms with Gasteiger partial charge in [0.05, 0.1) is 16.9 Å². The molecule has 0 saturated heterocycles. The van der Waals surface area contributed by atoms with Gasteiger partial charge in [-0.2, -0.15) is 10.2 Å². The third kappa shape index (κ3) is 2.30. The Hall–Kier alpha value is -1.96. The highest BCUT2D eigenvalue weighted by molar-refractivity contribution is 7.22. The molecule has 0 amide bonds. The lowest BCUT2D eigenvalue weighted by Gasteiger charge is -2.11. The van der Waals surface area contributed by atoms with Crippen molar-refractivity contribution in [3.05, 3.63) is 18.3 Å². The third-order valence-electron chi connectivity index (χ3n) is 2.84. The summed E-state index contributed by atoms with van der Waals surface area (Å²) in [4.78, 5) is 8.50. The Kier molecular flexibility index (Phi) is 2.94. The van der Waals surface area contributed by atoms with Crippen LogP contribution in [0, 0.1) is 6.92 Å². The minimum atomic E-state index is 0.232. The molecule has 3 aromatic heterocycles. The number of hydrogen-bond donors (Lipinski definition) is 1. The van der Waals surface area contributed by atoms with Gasteiger partial charge < -0.3 is 5.32 Å². The molecule has 3 rings (SSSR count). The summed E-state index contributed by atoms with van der Waals surface area (Å²) >= 11 is 1.63. The number of thiazole rings is 1. The zero-order chi connectivity index (χ0) is 13.4. The number of fused-ring (bicyclic) bond motifs is 1. The van der Waals surface area contributed by atoms with Gasteiger partial charge in [0.2, 0.25) is 0 Å². The second-order valence-corrected chi connectivity index (χ2v) is 5.54. The molecule has 3 heterocycles. The molecule has 100 valence electrons. The van der Waals surface area contributed by atoms with Crippen molar-refractivity contribution in [2.24, 2.45) is 7.05 Å². The molecule has 0 aliphatic carbocycles. The average Bonchev–Trinajstić information content (AvgIpc) is 3.01. The molecule has 0 aliphatic heterocycles. The highest BCUT2D eigenvalue weighted by Gasteiger charge is 2.13. The van der Waals surface area contributed by atoms with E-state index in [2.05, 4.69) is 32.4 Å². The van der Waals surface area contributed by atoms with Gasteiger partial charge in [-0.05, 0) is 13.8 Å². The van der Waals surface area contributed by atoms with E-state index in [9.17, 15) is 0 Å². The number of nitrogens with one attached hydrogen (secondary N) is 1. The number of hydrogen-bond acceptors (Lipinski definition) is 6. The molecule has 1 atom stereocenters. The molecule has 0 aromatic carbocycles. The van der Waals surface area contributed by atoms with Crippen molar-refractivity contribution in [2.45, 2.75) is 26.4 Å². The molecule has 19 heavy (non-hydrogen) atoms. The Bertz CT molecular complexity index is 647.